The van der Waals surface area contributed by atoms with Crippen molar-refractivity contribution in [2.24, 2.45) is 4.99 Å². The number of hydrogen-bond acceptors (Lipinski definition) is 5. The first-order valence-corrected chi connectivity index (χ1v) is 9.76. The molecule has 1 fully saturated rings. The van der Waals surface area contributed by atoms with Crippen LogP contribution < -0.4 is 15.0 Å². The van der Waals surface area contributed by atoms with E-state index in [9.17, 15) is 5.11 Å². The maximum Gasteiger partial charge on any atom is 0.194 e. The highest BCUT2D eigenvalue weighted by Gasteiger charge is 2.20. The first-order chi connectivity index (χ1) is 13.7. The molecule has 158 valence electrons. The molecule has 7 nitrogen and oxygen atoms in total. The quantitative estimate of drug-likeness (QED) is 0.353. The molecule has 3 rings (SSSR count). The second-order valence-electron chi connectivity index (χ2n) is 6.65. The molecule has 29 heavy (non-hydrogen) atoms. The Hall–Kier alpha value is -2.23. The number of nitrogens with one attached hydrogen (secondary N) is 1. The number of hydrogen-bond donors (Lipinski definition) is 2. The molecule has 1 saturated heterocycles. The summed E-state index contributed by atoms with van der Waals surface area (Å²) in [6.07, 6.45) is 2.63. The van der Waals surface area contributed by atoms with Crippen molar-refractivity contribution in [3.8, 4) is 11.5 Å². The molecular weight excluding hydrogens is 481 g/mol. The van der Waals surface area contributed by atoms with E-state index < -0.39 is 0 Å². The number of anilines is 1. The molecule has 1 aromatic carbocycles. The summed E-state index contributed by atoms with van der Waals surface area (Å²) >= 11 is 0. The fraction of sp³-hybridized carbons (Fsp3) is 0.429. The number of pyridine rings is 1. The summed E-state index contributed by atoms with van der Waals surface area (Å²) in [6, 6.07) is 11.5. The van der Waals surface area contributed by atoms with Gasteiger partial charge in [0.2, 0.25) is 0 Å². The van der Waals surface area contributed by atoms with Gasteiger partial charge in [-0.25, -0.2) is 4.98 Å². The van der Waals surface area contributed by atoms with Crippen LogP contribution in [0.2, 0.25) is 0 Å². The fourth-order valence-corrected chi connectivity index (χ4v) is 3.28. The molecule has 0 spiro atoms. The maximum absolute atomic E-state index is 9.71. The van der Waals surface area contributed by atoms with Gasteiger partial charge in [0.05, 0.1) is 7.11 Å². The normalized spacial score (nSPS) is 14.3. The van der Waals surface area contributed by atoms with Crippen LogP contribution in [0.4, 0.5) is 5.82 Å². The Balaban J connectivity index is 0.00000300. The number of benzene rings is 1. The minimum Gasteiger partial charge on any atom is -0.504 e. The van der Waals surface area contributed by atoms with Gasteiger partial charge >= 0.3 is 0 Å². The lowest BCUT2D eigenvalue weighted by Gasteiger charge is -2.37. The van der Waals surface area contributed by atoms with Gasteiger partial charge < -0.3 is 25.0 Å². The Kier molecular flexibility index (Phi) is 9.30. The number of halogens is 1. The van der Waals surface area contributed by atoms with E-state index in [1.165, 1.54) is 0 Å². The number of piperazine rings is 1. The average molecular weight is 511 g/mol. The number of nitrogens with zero attached hydrogens (tertiary/aromatic N) is 4. The monoisotopic (exact) mass is 511 g/mol. The van der Waals surface area contributed by atoms with Crippen LogP contribution in [0.5, 0.6) is 11.5 Å². The topological polar surface area (TPSA) is 73.2 Å². The summed E-state index contributed by atoms with van der Waals surface area (Å²) < 4.78 is 5.18. The van der Waals surface area contributed by atoms with Crippen LogP contribution in [-0.4, -0.2) is 67.3 Å². The van der Waals surface area contributed by atoms with Gasteiger partial charge in [-0.1, -0.05) is 12.1 Å². The molecule has 0 radical (unpaired) electrons. The third-order valence-corrected chi connectivity index (χ3v) is 4.79. The summed E-state index contributed by atoms with van der Waals surface area (Å²) in [5, 5.41) is 13.1. The van der Waals surface area contributed by atoms with Gasteiger partial charge in [0.1, 0.15) is 5.82 Å². The molecule has 2 N–H and O–H groups in total. The summed E-state index contributed by atoms with van der Waals surface area (Å²) in [7, 11) is 1.56. The van der Waals surface area contributed by atoms with Gasteiger partial charge in [-0.15, -0.1) is 24.0 Å². The Morgan fingerprint density at radius 1 is 1.21 bits per heavy atom. The smallest absolute Gasteiger partial charge is 0.194 e. The van der Waals surface area contributed by atoms with Crippen LogP contribution >= 0.6 is 24.0 Å². The van der Waals surface area contributed by atoms with Gasteiger partial charge in [0, 0.05) is 45.5 Å². The van der Waals surface area contributed by atoms with E-state index >= 15 is 0 Å². The summed E-state index contributed by atoms with van der Waals surface area (Å²) in [5.74, 6) is 2.65. The molecule has 0 amide bonds. The van der Waals surface area contributed by atoms with E-state index in [4.69, 9.17) is 9.73 Å². The molecule has 2 aromatic rings. The van der Waals surface area contributed by atoms with Crippen molar-refractivity contribution in [3.63, 3.8) is 0 Å². The largest absolute Gasteiger partial charge is 0.504 e. The highest BCUT2D eigenvalue weighted by Crippen LogP contribution is 2.26. The number of phenolic OH excluding ortho intramolecular Hbond substituents is 1. The van der Waals surface area contributed by atoms with E-state index in [0.717, 1.165) is 56.5 Å². The zero-order chi connectivity index (χ0) is 19.8. The minimum absolute atomic E-state index is 0. The van der Waals surface area contributed by atoms with Crippen molar-refractivity contribution in [1.82, 2.24) is 15.2 Å². The standard InChI is InChI=1S/C21H29N5O2.HI/c1-3-22-21(24-11-9-17-7-8-18(27)19(16-17)28-2)26-14-12-25(13-15-26)20-6-4-5-10-23-20;/h4-8,10,16,27H,3,9,11-15H2,1-2H3,(H,22,24);1H. The van der Waals surface area contributed by atoms with Gasteiger partial charge in [-0.3, -0.25) is 4.99 Å². The van der Waals surface area contributed by atoms with E-state index in [1.54, 1.807) is 13.2 Å². The molecule has 1 aliphatic heterocycles. The Labute approximate surface area is 189 Å². The van der Waals surface area contributed by atoms with Crippen molar-refractivity contribution >= 4 is 35.8 Å². The maximum atomic E-state index is 9.71. The van der Waals surface area contributed by atoms with Crippen molar-refractivity contribution in [3.05, 3.63) is 48.2 Å². The molecule has 0 atom stereocenters. The van der Waals surface area contributed by atoms with E-state index in [1.807, 2.05) is 30.5 Å². The number of aromatic nitrogens is 1. The van der Waals surface area contributed by atoms with Crippen molar-refractivity contribution in [2.45, 2.75) is 13.3 Å². The Bertz CT molecular complexity index is 780. The van der Waals surface area contributed by atoms with Crippen LogP contribution in [0.1, 0.15) is 12.5 Å². The molecule has 0 saturated carbocycles. The minimum atomic E-state index is 0. The van der Waals surface area contributed by atoms with Crippen LogP contribution in [-0.2, 0) is 6.42 Å². The number of methoxy groups -OCH3 is 1. The third kappa shape index (κ3) is 6.38. The molecule has 1 aliphatic rings. The van der Waals surface area contributed by atoms with Gasteiger partial charge in [0.25, 0.3) is 0 Å². The predicted molar refractivity (Wildman–Crippen MR) is 128 cm³/mol. The number of rotatable bonds is 6. The SMILES string of the molecule is CCNC(=NCCc1ccc(O)c(OC)c1)N1CCN(c2ccccn2)CC1.I. The highest BCUT2D eigenvalue weighted by atomic mass is 127. The van der Waals surface area contributed by atoms with Gasteiger partial charge in [0.15, 0.2) is 17.5 Å². The van der Waals surface area contributed by atoms with Crippen molar-refractivity contribution in [2.75, 3.05) is 51.3 Å². The number of aliphatic imine (C=N–C) groups is 1. The molecular formula is C21H30IN5O2. The predicted octanol–water partition coefficient (Wildman–Crippen LogP) is 2.74. The first kappa shape index (κ1) is 23.1. The van der Waals surface area contributed by atoms with Crippen molar-refractivity contribution in [1.29, 1.82) is 0 Å². The lowest BCUT2D eigenvalue weighted by molar-refractivity contribution is 0.371. The first-order valence-electron chi connectivity index (χ1n) is 9.76. The van der Waals surface area contributed by atoms with Crippen molar-refractivity contribution < 1.29 is 9.84 Å². The number of guanidine groups is 1. The lowest BCUT2D eigenvalue weighted by atomic mass is 10.1. The van der Waals surface area contributed by atoms with Gasteiger partial charge in [-0.2, -0.15) is 0 Å². The van der Waals surface area contributed by atoms with E-state index in [0.29, 0.717) is 12.3 Å². The molecule has 2 heterocycles. The fourth-order valence-electron chi connectivity index (χ4n) is 3.28. The van der Waals surface area contributed by atoms with Crippen LogP contribution in [0.15, 0.2) is 47.6 Å². The van der Waals surface area contributed by atoms with E-state index in [-0.39, 0.29) is 29.7 Å². The van der Waals surface area contributed by atoms with Gasteiger partial charge in [-0.05, 0) is 43.2 Å². The molecule has 8 heteroatoms. The molecule has 0 aliphatic carbocycles. The summed E-state index contributed by atoms with van der Waals surface area (Å²) in [4.78, 5) is 13.9. The zero-order valence-corrected chi connectivity index (χ0v) is 19.4. The van der Waals surface area contributed by atoms with Crippen LogP contribution in [0.3, 0.4) is 0 Å². The summed E-state index contributed by atoms with van der Waals surface area (Å²) in [6.45, 7) is 7.28. The number of phenols is 1. The van der Waals surface area contributed by atoms with Crippen LogP contribution in [0, 0.1) is 0 Å². The number of aromatic hydroxyl groups is 1. The number of ether oxygens (including phenoxy) is 1. The average Bonchev–Trinajstić information content (AvgIpc) is 2.75. The van der Waals surface area contributed by atoms with E-state index in [2.05, 4.69) is 33.1 Å². The second-order valence-corrected chi connectivity index (χ2v) is 6.65. The van der Waals surface area contributed by atoms with Crippen LogP contribution in [0.25, 0.3) is 0 Å². The molecule has 1 aromatic heterocycles. The Morgan fingerprint density at radius 2 is 2.00 bits per heavy atom. The zero-order valence-electron chi connectivity index (χ0n) is 17.0. The molecule has 0 unspecified atom stereocenters. The molecule has 0 bridgehead atoms. The second kappa shape index (κ2) is 11.7. The third-order valence-electron chi connectivity index (χ3n) is 4.79. The Morgan fingerprint density at radius 3 is 2.66 bits per heavy atom. The lowest BCUT2D eigenvalue weighted by Crippen LogP contribution is -2.52. The summed E-state index contributed by atoms with van der Waals surface area (Å²) in [5.41, 5.74) is 1.09. The highest BCUT2D eigenvalue weighted by molar-refractivity contribution is 14.0.